The summed E-state index contributed by atoms with van der Waals surface area (Å²) in [5.74, 6) is 6.74. The van der Waals surface area contributed by atoms with E-state index in [2.05, 4.69) is 32.8 Å². The third-order valence-electron chi connectivity index (χ3n) is 7.59. The molecule has 1 aromatic carbocycles. The van der Waals surface area contributed by atoms with Crippen LogP contribution in [0.5, 0.6) is 0 Å². The van der Waals surface area contributed by atoms with Gasteiger partial charge in [-0.05, 0) is 44.4 Å². The molecule has 0 unspecified atom stereocenters. The smallest absolute Gasteiger partial charge is 0.209 e. The minimum absolute atomic E-state index is 0.496. The van der Waals surface area contributed by atoms with Crippen LogP contribution in [0, 0.1) is 0 Å². The van der Waals surface area contributed by atoms with Crippen molar-refractivity contribution in [3.63, 3.8) is 0 Å². The number of aromatic nitrogens is 3. The molecule has 1 saturated heterocycles. The number of para-hydroxylation sites is 1. The molecule has 5 N–H and O–H groups in total. The molecule has 2 fully saturated rings. The van der Waals surface area contributed by atoms with Crippen molar-refractivity contribution in [1.29, 1.82) is 0 Å². The molecule has 1 aliphatic carbocycles. The van der Waals surface area contributed by atoms with E-state index in [9.17, 15) is 4.79 Å². The van der Waals surface area contributed by atoms with Crippen LogP contribution in [-0.4, -0.2) is 90.3 Å². The van der Waals surface area contributed by atoms with Crippen molar-refractivity contribution in [2.24, 2.45) is 5.90 Å². The number of allylic oxidation sites excluding steroid dienone is 1. The lowest BCUT2D eigenvalue weighted by atomic mass is 10.2. The molecule has 0 bridgehead atoms. The number of fused-ring (bicyclic) bond motifs is 3. The van der Waals surface area contributed by atoms with E-state index in [1.54, 1.807) is 0 Å². The second-order valence-electron chi connectivity index (χ2n) is 10.6. The van der Waals surface area contributed by atoms with Crippen molar-refractivity contribution in [2.75, 3.05) is 65.3 Å². The number of rotatable bonds is 13. The third kappa shape index (κ3) is 8.16. The van der Waals surface area contributed by atoms with Crippen molar-refractivity contribution in [3.05, 3.63) is 41.4 Å². The van der Waals surface area contributed by atoms with Gasteiger partial charge in [0.1, 0.15) is 17.9 Å². The number of likely N-dealkylation sites (N-methyl/N-ethyl adjacent to an activating group) is 1. The number of carbonyl (C=O) groups excluding carboxylic acids is 1. The Labute approximate surface area is 242 Å². The van der Waals surface area contributed by atoms with Crippen LogP contribution in [0.4, 0.5) is 5.82 Å². The molecule has 11 heteroatoms. The summed E-state index contributed by atoms with van der Waals surface area (Å²) in [7, 11) is 1.93. The number of aryl methyl sites for hydroxylation is 1. The number of nitrogens with one attached hydrogen (secondary N) is 1. The highest BCUT2D eigenvalue weighted by atomic mass is 16.6. The largest absolute Gasteiger partial charge is 0.382 e. The van der Waals surface area contributed by atoms with E-state index in [-0.39, 0.29) is 0 Å². The maximum atomic E-state index is 10.7. The first kappa shape index (κ1) is 30.7. The Morgan fingerprint density at radius 2 is 1.95 bits per heavy atom. The van der Waals surface area contributed by atoms with Crippen molar-refractivity contribution >= 4 is 34.2 Å². The van der Waals surface area contributed by atoms with Gasteiger partial charge in [-0.15, -0.1) is 0 Å². The van der Waals surface area contributed by atoms with Crippen molar-refractivity contribution in [1.82, 2.24) is 29.7 Å². The SMILES string of the molecule is CCCCc1nc2c(N)nc3ccccc3c2n1CCOCCNC.NOCC(=C1CC1)N1CCCN(C=O)CC1. The van der Waals surface area contributed by atoms with Gasteiger partial charge < -0.3 is 30.2 Å². The lowest BCUT2D eigenvalue weighted by molar-refractivity contribution is -0.118. The predicted molar refractivity (Wildman–Crippen MR) is 163 cm³/mol. The number of pyridine rings is 1. The first-order chi connectivity index (χ1) is 20.1. The number of unbranched alkanes of at least 4 members (excludes halogenated alkanes) is 1. The number of hydrogen-bond donors (Lipinski definition) is 3. The van der Waals surface area contributed by atoms with E-state index in [0.29, 0.717) is 25.6 Å². The third-order valence-corrected chi connectivity index (χ3v) is 7.59. The van der Waals surface area contributed by atoms with Gasteiger partial charge in [0.25, 0.3) is 0 Å². The number of amides is 1. The zero-order valence-electron chi connectivity index (χ0n) is 24.6. The van der Waals surface area contributed by atoms with Gasteiger partial charge in [0.15, 0.2) is 5.82 Å². The predicted octanol–water partition coefficient (Wildman–Crippen LogP) is 2.83. The van der Waals surface area contributed by atoms with Crippen LogP contribution in [0.1, 0.15) is 44.9 Å². The van der Waals surface area contributed by atoms with Gasteiger partial charge in [-0.25, -0.2) is 15.9 Å². The number of imidazole rings is 1. The topological polar surface area (TPSA) is 137 Å². The standard InChI is InChI=1S/C19H27N5O.C11H19N3O2/c1-3-4-9-16-23-17-18(24(16)11-13-25-12-10-21-2)14-7-5-6-8-15(14)22-19(17)20;12-16-8-11(10-2-3-10)14-5-1-4-13(9-15)6-7-14/h5-8,21H,3-4,9-13H2,1-2H3,(H2,20,22);9H,1-8,12H2. The molecule has 2 aliphatic rings. The number of ether oxygens (including phenoxy) is 1. The van der Waals surface area contributed by atoms with E-state index in [0.717, 1.165) is 99.1 Å². The van der Waals surface area contributed by atoms with E-state index in [4.69, 9.17) is 26.2 Å². The molecule has 224 valence electrons. The highest BCUT2D eigenvalue weighted by molar-refractivity contribution is 6.06. The van der Waals surface area contributed by atoms with Crippen LogP contribution in [0.15, 0.2) is 35.5 Å². The van der Waals surface area contributed by atoms with Gasteiger partial charge in [0.2, 0.25) is 6.41 Å². The molecule has 41 heavy (non-hydrogen) atoms. The zero-order chi connectivity index (χ0) is 29.0. The number of nitrogen functional groups attached to an aromatic ring is 1. The van der Waals surface area contributed by atoms with Crippen LogP contribution in [0.25, 0.3) is 21.9 Å². The second kappa shape index (κ2) is 15.7. The highest BCUT2D eigenvalue weighted by Crippen LogP contribution is 2.33. The Balaban J connectivity index is 0.000000208. The average Bonchev–Trinajstić information content (AvgIpc) is 3.80. The summed E-state index contributed by atoms with van der Waals surface area (Å²) in [6.07, 6.45) is 7.48. The fraction of sp³-hybridized carbons (Fsp3) is 0.567. The lowest BCUT2D eigenvalue weighted by Crippen LogP contribution is -2.31. The number of anilines is 1. The van der Waals surface area contributed by atoms with E-state index >= 15 is 0 Å². The molecule has 3 heterocycles. The highest BCUT2D eigenvalue weighted by Gasteiger charge is 2.24. The number of benzene rings is 1. The minimum Gasteiger partial charge on any atom is -0.382 e. The summed E-state index contributed by atoms with van der Waals surface area (Å²) < 4.78 is 8.01. The van der Waals surface area contributed by atoms with Gasteiger partial charge in [0.05, 0.1) is 24.2 Å². The van der Waals surface area contributed by atoms with Crippen molar-refractivity contribution in [3.8, 4) is 0 Å². The Hall–Kier alpha value is -3.25. The van der Waals surface area contributed by atoms with Gasteiger partial charge in [-0.3, -0.25) is 9.63 Å². The Kier molecular flexibility index (Phi) is 11.7. The zero-order valence-corrected chi connectivity index (χ0v) is 24.6. The van der Waals surface area contributed by atoms with Crippen LogP contribution in [0.3, 0.4) is 0 Å². The average molecular weight is 567 g/mol. The summed E-state index contributed by atoms with van der Waals surface area (Å²) in [5.41, 5.74) is 11.7. The Morgan fingerprint density at radius 3 is 2.68 bits per heavy atom. The quantitative estimate of drug-likeness (QED) is 0.162. The van der Waals surface area contributed by atoms with Gasteiger partial charge in [0, 0.05) is 56.8 Å². The molecule has 1 saturated carbocycles. The van der Waals surface area contributed by atoms with Crippen LogP contribution < -0.4 is 16.9 Å². The molecular weight excluding hydrogens is 520 g/mol. The number of nitrogens with zero attached hydrogens (tertiary/aromatic N) is 5. The first-order valence-electron chi connectivity index (χ1n) is 14.8. The second-order valence-corrected chi connectivity index (χ2v) is 10.6. The van der Waals surface area contributed by atoms with E-state index in [1.165, 1.54) is 24.1 Å². The van der Waals surface area contributed by atoms with Gasteiger partial charge in [-0.1, -0.05) is 31.5 Å². The molecule has 1 aliphatic heterocycles. The molecule has 2 aromatic heterocycles. The lowest BCUT2D eigenvalue weighted by Gasteiger charge is -2.25. The van der Waals surface area contributed by atoms with Crippen LogP contribution >= 0.6 is 0 Å². The maximum absolute atomic E-state index is 10.7. The fourth-order valence-electron chi connectivity index (χ4n) is 5.26. The number of carbonyl (C=O) groups is 1. The monoisotopic (exact) mass is 566 g/mol. The number of hydrogen-bond acceptors (Lipinski definition) is 9. The molecular formula is C30H46N8O3. The van der Waals surface area contributed by atoms with E-state index < -0.39 is 0 Å². The van der Waals surface area contributed by atoms with Crippen LogP contribution in [0.2, 0.25) is 0 Å². The molecule has 1 amide bonds. The summed E-state index contributed by atoms with van der Waals surface area (Å²) in [4.78, 5) is 29.0. The summed E-state index contributed by atoms with van der Waals surface area (Å²) in [6, 6.07) is 8.11. The normalized spacial score (nSPS) is 15.1. The van der Waals surface area contributed by atoms with E-state index in [1.807, 2.05) is 30.1 Å². The first-order valence-corrected chi connectivity index (χ1v) is 14.8. The molecule has 0 radical (unpaired) electrons. The summed E-state index contributed by atoms with van der Waals surface area (Å²) in [5, 5.41) is 4.19. The van der Waals surface area contributed by atoms with Crippen molar-refractivity contribution in [2.45, 2.75) is 52.0 Å². The van der Waals surface area contributed by atoms with Crippen molar-refractivity contribution < 1.29 is 14.4 Å². The molecule has 0 atom stereocenters. The fourth-order valence-corrected chi connectivity index (χ4v) is 5.26. The maximum Gasteiger partial charge on any atom is 0.209 e. The summed E-state index contributed by atoms with van der Waals surface area (Å²) in [6.45, 7) is 9.21. The van der Waals surface area contributed by atoms with Crippen LogP contribution in [-0.2, 0) is 27.3 Å². The molecule has 11 nitrogen and oxygen atoms in total. The van der Waals surface area contributed by atoms with Gasteiger partial charge in [-0.2, -0.15) is 0 Å². The minimum atomic E-state index is 0.496. The Morgan fingerprint density at radius 1 is 1.12 bits per heavy atom. The molecule has 3 aromatic rings. The summed E-state index contributed by atoms with van der Waals surface area (Å²) >= 11 is 0. The Bertz CT molecular complexity index is 1300. The molecule has 0 spiro atoms. The molecule has 5 rings (SSSR count). The van der Waals surface area contributed by atoms with Gasteiger partial charge >= 0.3 is 0 Å². The number of nitrogens with two attached hydrogens (primary N) is 2.